The predicted octanol–water partition coefficient (Wildman–Crippen LogP) is 5.64. The summed E-state index contributed by atoms with van der Waals surface area (Å²) in [7, 11) is 0. The summed E-state index contributed by atoms with van der Waals surface area (Å²) in [6, 6.07) is 25.1. The average Bonchev–Trinajstić information content (AvgIpc) is 3.21. The van der Waals surface area contributed by atoms with E-state index in [1.54, 1.807) is 0 Å². The number of hydrogen-bond acceptors (Lipinski definition) is 4. The highest BCUT2D eigenvalue weighted by Crippen LogP contribution is 2.48. The zero-order valence-corrected chi connectivity index (χ0v) is 16.7. The fourth-order valence-electron chi connectivity index (χ4n) is 4.08. The van der Waals surface area contributed by atoms with Gasteiger partial charge in [0, 0.05) is 17.5 Å². The van der Waals surface area contributed by atoms with Gasteiger partial charge in [0.05, 0.1) is 18.4 Å². The molecular formula is C25H24N2O2. The van der Waals surface area contributed by atoms with E-state index < -0.39 is 0 Å². The molecule has 2 heterocycles. The van der Waals surface area contributed by atoms with Gasteiger partial charge >= 0.3 is 0 Å². The van der Waals surface area contributed by atoms with Crippen LogP contribution in [0.15, 0.2) is 77.9 Å². The summed E-state index contributed by atoms with van der Waals surface area (Å²) in [5.74, 6) is 1.78. The minimum absolute atomic E-state index is 0.126. The predicted molar refractivity (Wildman–Crippen MR) is 114 cm³/mol. The molecule has 0 unspecified atom stereocenters. The largest absolute Gasteiger partial charge is 0.494 e. The Morgan fingerprint density at radius 1 is 1.03 bits per heavy atom. The van der Waals surface area contributed by atoms with Crippen molar-refractivity contribution < 1.29 is 9.47 Å². The van der Waals surface area contributed by atoms with Gasteiger partial charge in [-0.1, -0.05) is 60.2 Å². The molecule has 0 bridgehead atoms. The molecule has 2 atom stereocenters. The third-order valence-corrected chi connectivity index (χ3v) is 5.54. The summed E-state index contributed by atoms with van der Waals surface area (Å²) in [5.41, 5.74) is 5.72. The summed E-state index contributed by atoms with van der Waals surface area (Å²) < 4.78 is 12.2. The summed E-state index contributed by atoms with van der Waals surface area (Å²) >= 11 is 0. The Balaban J connectivity index is 1.58. The molecule has 2 aliphatic heterocycles. The van der Waals surface area contributed by atoms with Gasteiger partial charge in [-0.15, -0.1) is 0 Å². The highest BCUT2D eigenvalue weighted by Gasteiger charge is 2.41. The number of fused-ring (bicyclic) bond motifs is 3. The van der Waals surface area contributed by atoms with Gasteiger partial charge in [0.2, 0.25) is 6.23 Å². The van der Waals surface area contributed by atoms with Crippen molar-refractivity contribution in [2.45, 2.75) is 32.5 Å². The van der Waals surface area contributed by atoms with Crippen LogP contribution in [-0.4, -0.2) is 17.3 Å². The molecule has 0 aromatic heterocycles. The summed E-state index contributed by atoms with van der Waals surface area (Å²) in [5, 5.41) is 7.14. The second-order valence-electron chi connectivity index (χ2n) is 7.53. The molecule has 146 valence electrons. The average molecular weight is 384 g/mol. The topological polar surface area (TPSA) is 34.1 Å². The standard InChI is InChI=1S/C25H24N2O2/c1-3-28-20-13-14-24-21(15-20)23-16-22(18-7-5-4-6-8-18)26-27(23)25(29-24)19-11-9-17(2)10-12-19/h4-15,23,25H,3,16H2,1-2H3/t23-,25+/m1/s1. The fraction of sp³-hybridized carbons (Fsp3) is 0.240. The highest BCUT2D eigenvalue weighted by atomic mass is 16.5. The number of benzene rings is 3. The minimum atomic E-state index is -0.243. The Labute approximate surface area is 171 Å². The van der Waals surface area contributed by atoms with Gasteiger partial charge in [0.1, 0.15) is 11.5 Å². The van der Waals surface area contributed by atoms with Gasteiger partial charge in [-0.2, -0.15) is 5.10 Å². The van der Waals surface area contributed by atoms with Gasteiger partial charge in [0.25, 0.3) is 0 Å². The minimum Gasteiger partial charge on any atom is -0.494 e. The van der Waals surface area contributed by atoms with Crippen molar-refractivity contribution >= 4 is 5.71 Å². The van der Waals surface area contributed by atoms with Crippen molar-refractivity contribution in [2.75, 3.05) is 6.61 Å². The third-order valence-electron chi connectivity index (χ3n) is 5.54. The lowest BCUT2D eigenvalue weighted by molar-refractivity contribution is -0.0191. The molecule has 4 heteroatoms. The van der Waals surface area contributed by atoms with Crippen molar-refractivity contribution in [3.8, 4) is 11.5 Å². The Morgan fingerprint density at radius 3 is 2.59 bits per heavy atom. The van der Waals surface area contributed by atoms with Crippen LogP contribution < -0.4 is 9.47 Å². The van der Waals surface area contributed by atoms with E-state index in [1.165, 1.54) is 5.56 Å². The van der Waals surface area contributed by atoms with E-state index >= 15 is 0 Å². The van der Waals surface area contributed by atoms with Crippen LogP contribution in [0.2, 0.25) is 0 Å². The van der Waals surface area contributed by atoms with E-state index in [9.17, 15) is 0 Å². The molecule has 0 N–H and O–H groups in total. The maximum absolute atomic E-state index is 6.45. The van der Waals surface area contributed by atoms with Crippen molar-refractivity contribution in [1.82, 2.24) is 5.01 Å². The second-order valence-corrected chi connectivity index (χ2v) is 7.53. The van der Waals surface area contributed by atoms with Crippen LogP contribution >= 0.6 is 0 Å². The Hall–Kier alpha value is -3.27. The first-order chi connectivity index (χ1) is 14.2. The molecule has 3 aromatic rings. The van der Waals surface area contributed by atoms with Crippen LogP contribution in [0, 0.1) is 6.92 Å². The van der Waals surface area contributed by atoms with Crippen LogP contribution in [-0.2, 0) is 0 Å². The van der Waals surface area contributed by atoms with Gasteiger partial charge < -0.3 is 9.47 Å². The molecule has 2 aliphatic rings. The van der Waals surface area contributed by atoms with E-state index in [0.717, 1.165) is 40.3 Å². The smallest absolute Gasteiger partial charge is 0.213 e. The van der Waals surface area contributed by atoms with Gasteiger partial charge in [-0.3, -0.25) is 0 Å². The summed E-state index contributed by atoms with van der Waals surface area (Å²) in [4.78, 5) is 0. The van der Waals surface area contributed by atoms with Crippen molar-refractivity contribution in [3.63, 3.8) is 0 Å². The first kappa shape index (κ1) is 17.8. The number of nitrogens with zero attached hydrogens (tertiary/aromatic N) is 2. The lowest BCUT2D eigenvalue weighted by Crippen LogP contribution is -2.33. The number of aryl methyl sites for hydroxylation is 1. The summed E-state index contributed by atoms with van der Waals surface area (Å²) in [6.07, 6.45) is 0.602. The molecule has 0 amide bonds. The highest BCUT2D eigenvalue weighted by molar-refractivity contribution is 6.01. The van der Waals surface area contributed by atoms with E-state index in [-0.39, 0.29) is 12.3 Å². The first-order valence-electron chi connectivity index (χ1n) is 10.1. The van der Waals surface area contributed by atoms with Crippen molar-refractivity contribution in [2.24, 2.45) is 5.10 Å². The molecule has 29 heavy (non-hydrogen) atoms. The molecule has 0 spiro atoms. The molecule has 0 radical (unpaired) electrons. The summed E-state index contributed by atoms with van der Waals surface area (Å²) in [6.45, 7) is 4.74. The molecular weight excluding hydrogens is 360 g/mol. The third kappa shape index (κ3) is 3.25. The van der Waals surface area contributed by atoms with E-state index in [1.807, 2.05) is 25.1 Å². The van der Waals surface area contributed by atoms with Crippen LogP contribution in [0.3, 0.4) is 0 Å². The second kappa shape index (κ2) is 7.28. The number of rotatable bonds is 4. The van der Waals surface area contributed by atoms with Crippen LogP contribution in [0.25, 0.3) is 0 Å². The number of ether oxygens (including phenoxy) is 2. The van der Waals surface area contributed by atoms with Gasteiger partial charge in [-0.25, -0.2) is 5.01 Å². The van der Waals surface area contributed by atoms with Crippen molar-refractivity contribution in [1.29, 1.82) is 0 Å². The maximum Gasteiger partial charge on any atom is 0.213 e. The van der Waals surface area contributed by atoms with Crippen molar-refractivity contribution in [3.05, 3.63) is 95.1 Å². The van der Waals surface area contributed by atoms with E-state index in [2.05, 4.69) is 66.5 Å². The van der Waals surface area contributed by atoms with Crippen LogP contribution in [0.4, 0.5) is 0 Å². The van der Waals surface area contributed by atoms with Gasteiger partial charge in [-0.05, 0) is 37.6 Å². The molecule has 0 saturated heterocycles. The SMILES string of the molecule is CCOc1ccc2c(c1)[C@H]1CC(c3ccccc3)=NN1[C@H](c1ccc(C)cc1)O2. The quantitative estimate of drug-likeness (QED) is 0.584. The normalized spacial score (nSPS) is 19.8. The Kier molecular flexibility index (Phi) is 4.47. The molecule has 3 aromatic carbocycles. The number of hydrogen-bond donors (Lipinski definition) is 0. The fourth-order valence-corrected chi connectivity index (χ4v) is 4.08. The van der Waals surface area contributed by atoms with E-state index in [0.29, 0.717) is 6.61 Å². The number of hydrazone groups is 1. The van der Waals surface area contributed by atoms with E-state index in [4.69, 9.17) is 14.6 Å². The zero-order chi connectivity index (χ0) is 19.8. The lowest BCUT2D eigenvalue weighted by Gasteiger charge is -2.38. The molecule has 0 saturated carbocycles. The molecule has 0 aliphatic carbocycles. The zero-order valence-electron chi connectivity index (χ0n) is 16.7. The Morgan fingerprint density at radius 2 is 1.83 bits per heavy atom. The van der Waals surface area contributed by atoms with Crippen LogP contribution in [0.1, 0.15) is 47.9 Å². The van der Waals surface area contributed by atoms with Gasteiger partial charge in [0.15, 0.2) is 0 Å². The molecule has 5 rings (SSSR count). The maximum atomic E-state index is 6.45. The first-order valence-corrected chi connectivity index (χ1v) is 10.1. The molecule has 4 nitrogen and oxygen atoms in total. The lowest BCUT2D eigenvalue weighted by atomic mass is 9.95. The molecule has 0 fully saturated rings. The monoisotopic (exact) mass is 384 g/mol. The van der Waals surface area contributed by atoms with Crippen LogP contribution in [0.5, 0.6) is 11.5 Å². The Bertz CT molecular complexity index is 1040.